The molecule has 4 rings (SSSR count). The molecule has 2 heterocycles. The van der Waals surface area contributed by atoms with Crippen molar-refractivity contribution in [1.82, 2.24) is 9.88 Å². The highest BCUT2D eigenvalue weighted by Gasteiger charge is 2.25. The van der Waals surface area contributed by atoms with Crippen molar-refractivity contribution in [2.24, 2.45) is 0 Å². The highest BCUT2D eigenvalue weighted by Crippen LogP contribution is 2.32. The molecular weight excluding hydrogens is 486 g/mol. The molecule has 0 N–H and O–H groups in total. The van der Waals surface area contributed by atoms with E-state index >= 15 is 0 Å². The number of amides is 1. The van der Waals surface area contributed by atoms with E-state index in [1.165, 1.54) is 25.3 Å². The van der Waals surface area contributed by atoms with Crippen LogP contribution in [0.25, 0.3) is 10.2 Å². The molecule has 1 amide bonds. The molecular formula is C23H24F2N2O5S2. The fraction of sp³-hybridized carbons (Fsp3) is 0.391. The minimum Gasteiger partial charge on any atom is -0.497 e. The van der Waals surface area contributed by atoms with Gasteiger partial charge in [-0.2, -0.15) is 4.98 Å². The molecule has 1 fully saturated rings. The summed E-state index contributed by atoms with van der Waals surface area (Å²) in [5, 5.41) is 0.271. The molecule has 0 unspecified atom stereocenters. The van der Waals surface area contributed by atoms with Crippen molar-refractivity contribution in [3.8, 4) is 10.9 Å². The molecule has 2 aromatic carbocycles. The number of carbonyl (C=O) groups is 1. The lowest BCUT2D eigenvalue weighted by Crippen LogP contribution is -2.41. The Balaban J connectivity index is 1.24. The number of nitrogens with zero attached hydrogens (tertiary/aromatic N) is 2. The van der Waals surface area contributed by atoms with Gasteiger partial charge >= 0.3 is 0 Å². The smallest absolute Gasteiger partial charge is 0.274 e. The maximum Gasteiger partial charge on any atom is 0.274 e. The quantitative estimate of drug-likeness (QED) is 0.451. The van der Waals surface area contributed by atoms with Crippen LogP contribution in [0.4, 0.5) is 8.78 Å². The lowest BCUT2D eigenvalue weighted by molar-refractivity contribution is -0.133. The van der Waals surface area contributed by atoms with Gasteiger partial charge in [-0.1, -0.05) is 11.3 Å². The Bertz CT molecular complexity index is 1270. The first kappa shape index (κ1) is 24.3. The van der Waals surface area contributed by atoms with Crippen LogP contribution in [0.15, 0.2) is 41.3 Å². The van der Waals surface area contributed by atoms with Gasteiger partial charge < -0.3 is 14.4 Å². The molecule has 1 saturated heterocycles. The van der Waals surface area contributed by atoms with Gasteiger partial charge in [-0.15, -0.1) is 0 Å². The largest absolute Gasteiger partial charge is 0.497 e. The van der Waals surface area contributed by atoms with Crippen LogP contribution in [0.5, 0.6) is 10.9 Å². The van der Waals surface area contributed by atoms with Gasteiger partial charge in [-0.3, -0.25) is 4.79 Å². The van der Waals surface area contributed by atoms with Crippen molar-refractivity contribution in [3.63, 3.8) is 0 Å². The number of hydrogen-bond acceptors (Lipinski definition) is 7. The molecule has 0 atom stereocenters. The Morgan fingerprint density at radius 2 is 1.88 bits per heavy atom. The van der Waals surface area contributed by atoms with Crippen molar-refractivity contribution in [2.75, 3.05) is 26.0 Å². The molecule has 34 heavy (non-hydrogen) atoms. The van der Waals surface area contributed by atoms with E-state index in [0.717, 1.165) is 17.4 Å². The predicted octanol–water partition coefficient (Wildman–Crippen LogP) is 4.21. The van der Waals surface area contributed by atoms with Crippen molar-refractivity contribution < 1.29 is 31.5 Å². The average molecular weight is 511 g/mol. The van der Waals surface area contributed by atoms with E-state index in [0.29, 0.717) is 36.4 Å². The molecule has 7 nitrogen and oxygen atoms in total. The molecule has 0 aliphatic carbocycles. The summed E-state index contributed by atoms with van der Waals surface area (Å²) in [7, 11) is -1.97. The van der Waals surface area contributed by atoms with Crippen LogP contribution in [0, 0.1) is 11.6 Å². The van der Waals surface area contributed by atoms with Crippen LogP contribution in [-0.4, -0.2) is 56.3 Å². The van der Waals surface area contributed by atoms with E-state index in [2.05, 4.69) is 4.98 Å². The summed E-state index contributed by atoms with van der Waals surface area (Å²) in [6, 6.07) is 8.19. The van der Waals surface area contributed by atoms with E-state index in [1.807, 2.05) is 0 Å². The Labute approximate surface area is 200 Å². The molecule has 0 saturated carbocycles. The summed E-state index contributed by atoms with van der Waals surface area (Å²) < 4.78 is 63.4. The molecule has 0 bridgehead atoms. The number of sulfone groups is 1. The number of halogens is 2. The van der Waals surface area contributed by atoms with Crippen molar-refractivity contribution in [3.05, 3.63) is 48.0 Å². The third-order valence-corrected chi connectivity index (χ3v) is 8.39. The second-order valence-corrected chi connectivity index (χ2v) is 11.1. The summed E-state index contributed by atoms with van der Waals surface area (Å²) in [5.41, 5.74) is 0.0820. The second kappa shape index (κ2) is 10.2. The fourth-order valence-electron chi connectivity index (χ4n) is 3.83. The molecule has 0 spiro atoms. The molecule has 11 heteroatoms. The third kappa shape index (κ3) is 5.64. The van der Waals surface area contributed by atoms with Crippen molar-refractivity contribution >= 4 is 37.3 Å². The number of benzene rings is 2. The first-order valence-corrected chi connectivity index (χ1v) is 13.3. The summed E-state index contributed by atoms with van der Waals surface area (Å²) in [5.74, 6) is -1.02. The van der Waals surface area contributed by atoms with Gasteiger partial charge in [0.25, 0.3) is 5.19 Å². The lowest BCUT2D eigenvalue weighted by Gasteiger charge is -2.31. The minimum atomic E-state index is -3.47. The standard InChI is InChI=1S/C23H24F2N2O5S2/c1-31-16-4-6-18(7-5-16)34(29,30)12-2-3-21(28)27-10-8-17(9-11-27)32-23-26-22-19(25)13-15(24)14-20(22)33-23/h4-7,13-14,17H,2-3,8-12H2,1H3. The number of fused-ring (bicyclic) bond motifs is 1. The zero-order valence-corrected chi connectivity index (χ0v) is 20.1. The second-order valence-electron chi connectivity index (χ2n) is 8.01. The van der Waals surface area contributed by atoms with E-state index in [4.69, 9.17) is 9.47 Å². The molecule has 1 aliphatic heterocycles. The van der Waals surface area contributed by atoms with Gasteiger partial charge in [0.2, 0.25) is 5.91 Å². The van der Waals surface area contributed by atoms with Gasteiger partial charge in [0.1, 0.15) is 23.2 Å². The number of likely N-dealkylation sites (tertiary alicyclic amines) is 1. The van der Waals surface area contributed by atoms with Crippen LogP contribution >= 0.6 is 11.3 Å². The third-order valence-electron chi connectivity index (χ3n) is 5.68. The lowest BCUT2D eigenvalue weighted by atomic mass is 10.1. The van der Waals surface area contributed by atoms with E-state index in [1.54, 1.807) is 17.0 Å². The van der Waals surface area contributed by atoms with Gasteiger partial charge in [0.05, 0.1) is 22.5 Å². The maximum absolute atomic E-state index is 13.8. The molecule has 3 aromatic rings. The van der Waals surface area contributed by atoms with Crippen molar-refractivity contribution in [2.45, 2.75) is 36.7 Å². The van der Waals surface area contributed by atoms with Crippen LogP contribution in [0.2, 0.25) is 0 Å². The monoisotopic (exact) mass is 510 g/mol. The van der Waals surface area contributed by atoms with Crippen LogP contribution in [0.1, 0.15) is 25.7 Å². The van der Waals surface area contributed by atoms with Crippen LogP contribution in [0.3, 0.4) is 0 Å². The summed E-state index contributed by atoms with van der Waals surface area (Å²) in [6.07, 6.45) is 1.33. The Morgan fingerprint density at radius 1 is 1.18 bits per heavy atom. The highest BCUT2D eigenvalue weighted by atomic mass is 32.2. The summed E-state index contributed by atoms with van der Waals surface area (Å²) in [4.78, 5) is 18.6. The number of ether oxygens (including phenoxy) is 2. The van der Waals surface area contributed by atoms with Crippen LogP contribution < -0.4 is 9.47 Å². The first-order chi connectivity index (χ1) is 16.2. The summed E-state index contributed by atoms with van der Waals surface area (Å²) in [6.45, 7) is 0.950. The number of piperidine rings is 1. The SMILES string of the molecule is COc1ccc(S(=O)(=O)CCCC(=O)N2CCC(Oc3nc4c(F)cc(F)cc4s3)CC2)cc1. The molecule has 1 aliphatic rings. The molecule has 0 radical (unpaired) electrons. The van der Waals surface area contributed by atoms with Crippen molar-refractivity contribution in [1.29, 1.82) is 0 Å². The fourth-order valence-corrected chi connectivity index (χ4v) is 6.06. The predicted molar refractivity (Wildman–Crippen MR) is 124 cm³/mol. The summed E-state index contributed by atoms with van der Waals surface area (Å²) >= 11 is 1.08. The van der Waals surface area contributed by atoms with Gasteiger partial charge in [0, 0.05) is 38.4 Å². The Morgan fingerprint density at radius 3 is 2.56 bits per heavy atom. The van der Waals surface area contributed by atoms with Gasteiger partial charge in [-0.05, 0) is 36.8 Å². The minimum absolute atomic E-state index is 0.0820. The van der Waals surface area contributed by atoms with Gasteiger partial charge in [-0.25, -0.2) is 17.2 Å². The number of rotatable bonds is 8. The van der Waals surface area contributed by atoms with Gasteiger partial charge in [0.15, 0.2) is 15.7 Å². The topological polar surface area (TPSA) is 85.8 Å². The number of aromatic nitrogens is 1. The van der Waals surface area contributed by atoms with E-state index in [-0.39, 0.29) is 46.2 Å². The Kier molecular flexibility index (Phi) is 7.32. The van der Waals surface area contributed by atoms with E-state index in [9.17, 15) is 22.0 Å². The number of carbonyl (C=O) groups excluding carboxylic acids is 1. The van der Waals surface area contributed by atoms with E-state index < -0.39 is 21.5 Å². The van der Waals surface area contributed by atoms with Crippen LogP contribution in [-0.2, 0) is 14.6 Å². The average Bonchev–Trinajstić information content (AvgIpc) is 3.22. The normalized spacial score (nSPS) is 15.0. The number of methoxy groups -OCH3 is 1. The maximum atomic E-state index is 13.8. The number of thiazole rings is 1. The molecule has 182 valence electrons. The zero-order chi connectivity index (χ0) is 24.3. The number of hydrogen-bond donors (Lipinski definition) is 0. The highest BCUT2D eigenvalue weighted by molar-refractivity contribution is 7.91. The first-order valence-electron chi connectivity index (χ1n) is 10.8. The Hall–Kier alpha value is -2.79. The zero-order valence-electron chi connectivity index (χ0n) is 18.5. The molecule has 1 aromatic heterocycles.